The molecule has 0 bridgehead atoms. The van der Waals surface area contributed by atoms with Gasteiger partial charge in [-0.1, -0.05) is 19.9 Å². The Balaban J connectivity index is 0.00000529. The van der Waals surface area contributed by atoms with Crippen LogP contribution in [0.5, 0.6) is 0 Å². The lowest BCUT2D eigenvalue weighted by Crippen LogP contribution is -2.31. The summed E-state index contributed by atoms with van der Waals surface area (Å²) >= 11 is 0. The van der Waals surface area contributed by atoms with E-state index in [0.717, 1.165) is 0 Å². The van der Waals surface area contributed by atoms with E-state index in [1.54, 1.807) is 32.9 Å². The number of amides is 1. The highest BCUT2D eigenvalue weighted by atomic mass is 35.5. The van der Waals surface area contributed by atoms with E-state index in [4.69, 9.17) is 5.73 Å². The molecule has 0 saturated carbocycles. The van der Waals surface area contributed by atoms with Crippen LogP contribution in [0, 0.1) is 6.92 Å². The molecule has 6 nitrogen and oxygen atoms in total. The molecular formula is C16H28ClN3O3S. The number of nitrogens with two attached hydrogens (primary N) is 1. The molecule has 3 N–H and O–H groups in total. The van der Waals surface area contributed by atoms with Gasteiger partial charge in [0, 0.05) is 31.2 Å². The van der Waals surface area contributed by atoms with Crippen molar-refractivity contribution in [3.63, 3.8) is 0 Å². The van der Waals surface area contributed by atoms with E-state index >= 15 is 0 Å². The van der Waals surface area contributed by atoms with E-state index in [9.17, 15) is 13.2 Å². The maximum atomic E-state index is 12.7. The molecule has 8 heteroatoms. The fourth-order valence-electron chi connectivity index (χ4n) is 2.24. The van der Waals surface area contributed by atoms with Crippen LogP contribution in [-0.4, -0.2) is 37.8 Å². The number of halogens is 1. The minimum absolute atomic E-state index is 0. The maximum absolute atomic E-state index is 12.7. The number of hydrogen-bond acceptors (Lipinski definition) is 4. The van der Waals surface area contributed by atoms with Gasteiger partial charge in [0.05, 0.1) is 4.90 Å². The summed E-state index contributed by atoms with van der Waals surface area (Å²) in [5, 5.41) is 2.73. The highest BCUT2D eigenvalue weighted by molar-refractivity contribution is 7.89. The van der Waals surface area contributed by atoms with Gasteiger partial charge < -0.3 is 11.1 Å². The van der Waals surface area contributed by atoms with Gasteiger partial charge in [-0.05, 0) is 38.0 Å². The van der Waals surface area contributed by atoms with E-state index in [1.165, 1.54) is 10.4 Å². The molecule has 0 saturated heterocycles. The normalized spacial score (nSPS) is 12.6. The lowest BCUT2D eigenvalue weighted by Gasteiger charge is -2.20. The Hall–Kier alpha value is -1.15. The molecule has 0 aliphatic heterocycles. The fourth-order valence-corrected chi connectivity index (χ4v) is 3.95. The molecule has 1 aromatic carbocycles. The Labute approximate surface area is 151 Å². The highest BCUT2D eigenvalue weighted by Crippen LogP contribution is 2.23. The van der Waals surface area contributed by atoms with Crippen LogP contribution in [0.1, 0.15) is 39.2 Å². The number of nitrogens with one attached hydrogen (secondary N) is 1. The first-order chi connectivity index (χ1) is 10.7. The molecule has 0 spiro atoms. The Morgan fingerprint density at radius 1 is 1.29 bits per heavy atom. The quantitative estimate of drug-likeness (QED) is 0.727. The van der Waals surface area contributed by atoms with E-state index in [-0.39, 0.29) is 29.3 Å². The third-order valence-corrected chi connectivity index (χ3v) is 5.81. The summed E-state index contributed by atoms with van der Waals surface area (Å²) in [6.45, 7) is 8.00. The minimum Gasteiger partial charge on any atom is -0.328 e. The van der Waals surface area contributed by atoms with Gasteiger partial charge in [-0.3, -0.25) is 4.79 Å². The molecular weight excluding hydrogens is 350 g/mol. The van der Waals surface area contributed by atoms with Crippen molar-refractivity contribution in [2.24, 2.45) is 5.73 Å². The Bertz CT molecular complexity index is 644. The van der Waals surface area contributed by atoms with Gasteiger partial charge in [0.1, 0.15) is 0 Å². The maximum Gasteiger partial charge on any atom is 0.243 e. The van der Waals surface area contributed by atoms with Gasteiger partial charge in [-0.2, -0.15) is 4.31 Å². The molecule has 1 rings (SSSR count). The van der Waals surface area contributed by atoms with Gasteiger partial charge in [-0.15, -0.1) is 12.4 Å². The Morgan fingerprint density at radius 2 is 1.88 bits per heavy atom. The summed E-state index contributed by atoms with van der Waals surface area (Å²) in [6.07, 6.45) is 0.895. The molecule has 0 radical (unpaired) electrons. The third-order valence-electron chi connectivity index (χ3n) is 3.62. The smallest absolute Gasteiger partial charge is 0.243 e. The van der Waals surface area contributed by atoms with Crippen molar-refractivity contribution in [2.75, 3.05) is 18.4 Å². The molecule has 1 atom stereocenters. The molecule has 1 unspecified atom stereocenters. The van der Waals surface area contributed by atoms with Crippen LogP contribution in [0.2, 0.25) is 0 Å². The van der Waals surface area contributed by atoms with Crippen molar-refractivity contribution in [1.29, 1.82) is 0 Å². The van der Waals surface area contributed by atoms with E-state index in [2.05, 4.69) is 5.32 Å². The highest BCUT2D eigenvalue weighted by Gasteiger charge is 2.24. The first kappa shape index (κ1) is 22.9. The molecule has 0 fully saturated rings. The van der Waals surface area contributed by atoms with Crippen molar-refractivity contribution in [1.82, 2.24) is 4.31 Å². The topological polar surface area (TPSA) is 92.5 Å². The number of benzene rings is 1. The summed E-state index contributed by atoms with van der Waals surface area (Å²) in [4.78, 5) is 12.1. The molecule has 1 aromatic rings. The zero-order chi connectivity index (χ0) is 17.6. The number of hydrogen-bond donors (Lipinski definition) is 2. The van der Waals surface area contributed by atoms with Gasteiger partial charge in [0.15, 0.2) is 0 Å². The van der Waals surface area contributed by atoms with Gasteiger partial charge >= 0.3 is 0 Å². The lowest BCUT2D eigenvalue weighted by atomic mass is 10.2. The first-order valence-electron chi connectivity index (χ1n) is 7.88. The van der Waals surface area contributed by atoms with Crippen LogP contribution in [0.15, 0.2) is 23.1 Å². The lowest BCUT2D eigenvalue weighted by molar-refractivity contribution is -0.116. The van der Waals surface area contributed by atoms with Crippen molar-refractivity contribution in [2.45, 2.75) is 51.5 Å². The number of aryl methyl sites for hydroxylation is 1. The fraction of sp³-hybridized carbons (Fsp3) is 0.562. The van der Waals surface area contributed by atoms with Crippen LogP contribution < -0.4 is 11.1 Å². The second-order valence-electron chi connectivity index (χ2n) is 5.63. The average Bonchev–Trinajstić information content (AvgIpc) is 2.48. The number of rotatable bonds is 8. The molecule has 138 valence electrons. The predicted molar refractivity (Wildman–Crippen MR) is 100 cm³/mol. The summed E-state index contributed by atoms with van der Waals surface area (Å²) in [5.41, 5.74) is 6.77. The zero-order valence-corrected chi connectivity index (χ0v) is 16.3. The predicted octanol–water partition coefficient (Wildman–Crippen LogP) is 2.51. The molecule has 0 heterocycles. The van der Waals surface area contributed by atoms with Crippen LogP contribution in [0.4, 0.5) is 5.69 Å². The second-order valence-corrected chi connectivity index (χ2v) is 7.54. The Kier molecular flexibility index (Phi) is 9.50. The largest absolute Gasteiger partial charge is 0.328 e. The molecule has 0 aliphatic rings. The summed E-state index contributed by atoms with van der Waals surface area (Å²) in [6, 6.07) is 4.89. The van der Waals surface area contributed by atoms with Gasteiger partial charge in [-0.25, -0.2) is 8.42 Å². The van der Waals surface area contributed by atoms with E-state index in [0.29, 0.717) is 37.2 Å². The number of nitrogens with zero attached hydrogens (tertiary/aromatic N) is 1. The van der Waals surface area contributed by atoms with E-state index in [1.807, 2.05) is 6.92 Å². The number of carbonyl (C=O) groups excluding carboxylic acids is 1. The first-order valence-corrected chi connectivity index (χ1v) is 9.32. The summed E-state index contributed by atoms with van der Waals surface area (Å²) < 4.78 is 26.7. The average molecular weight is 378 g/mol. The van der Waals surface area contributed by atoms with Crippen LogP contribution >= 0.6 is 12.4 Å². The third kappa shape index (κ3) is 6.05. The number of sulfonamides is 1. The van der Waals surface area contributed by atoms with Crippen molar-refractivity contribution in [3.8, 4) is 0 Å². The van der Waals surface area contributed by atoms with Gasteiger partial charge in [0.2, 0.25) is 15.9 Å². The minimum atomic E-state index is -3.55. The Morgan fingerprint density at radius 3 is 2.38 bits per heavy atom. The molecule has 1 amide bonds. The SMILES string of the molecule is CCN(CC)S(=O)(=O)c1cc(NC(=O)CCC(C)N)ccc1C.Cl. The standard InChI is InChI=1S/C16H27N3O3S.ClH/c1-5-19(6-2)23(21,22)15-11-14(9-7-12(15)3)18-16(20)10-8-13(4)17;/h7,9,11,13H,5-6,8,10,17H2,1-4H3,(H,18,20);1H. The van der Waals surface area contributed by atoms with Crippen molar-refractivity contribution < 1.29 is 13.2 Å². The second kappa shape index (κ2) is 9.98. The zero-order valence-electron chi connectivity index (χ0n) is 14.7. The van der Waals surface area contributed by atoms with Gasteiger partial charge in [0.25, 0.3) is 0 Å². The summed E-state index contributed by atoms with van der Waals surface area (Å²) in [7, 11) is -3.55. The van der Waals surface area contributed by atoms with E-state index < -0.39 is 10.0 Å². The van der Waals surface area contributed by atoms with Crippen LogP contribution in [-0.2, 0) is 14.8 Å². The van der Waals surface area contributed by atoms with Crippen LogP contribution in [0.25, 0.3) is 0 Å². The van der Waals surface area contributed by atoms with Crippen LogP contribution in [0.3, 0.4) is 0 Å². The summed E-state index contributed by atoms with van der Waals surface area (Å²) in [5.74, 6) is -0.169. The molecule has 24 heavy (non-hydrogen) atoms. The molecule has 0 aromatic heterocycles. The monoisotopic (exact) mass is 377 g/mol. The number of anilines is 1. The van der Waals surface area contributed by atoms with Crippen molar-refractivity contribution >= 4 is 34.0 Å². The number of carbonyl (C=O) groups is 1. The molecule has 0 aliphatic carbocycles. The van der Waals surface area contributed by atoms with Crippen molar-refractivity contribution in [3.05, 3.63) is 23.8 Å².